The number of para-hydroxylation sites is 1. The van der Waals surface area contributed by atoms with Gasteiger partial charge in [0.15, 0.2) is 0 Å². The van der Waals surface area contributed by atoms with Crippen molar-refractivity contribution in [3.05, 3.63) is 66.2 Å². The molecule has 1 aliphatic heterocycles. The van der Waals surface area contributed by atoms with Gasteiger partial charge in [0.2, 0.25) is 5.91 Å². The number of amides is 1. The molecule has 0 aliphatic carbocycles. The standard InChI is InChI=1S/C22H28N2O.CH4S/c1-2-22(25)24(20-11-7-4-8-12-20)21-14-17-23(18-15-21)16-13-19-9-5-3-6-10-19;1-2/h3-12,21H,2,13-18H2,1H3;2H,1H3. The fraction of sp³-hybridized carbons (Fsp3) is 0.435. The first kappa shape index (κ1) is 21.5. The van der Waals surface area contributed by atoms with E-state index >= 15 is 0 Å². The maximum atomic E-state index is 12.5. The number of likely N-dealkylation sites (tertiary alicyclic amines) is 1. The van der Waals surface area contributed by atoms with E-state index in [-0.39, 0.29) is 5.91 Å². The Morgan fingerprint density at radius 3 is 2.11 bits per heavy atom. The summed E-state index contributed by atoms with van der Waals surface area (Å²) < 4.78 is 0. The Labute approximate surface area is 169 Å². The Morgan fingerprint density at radius 2 is 1.56 bits per heavy atom. The number of rotatable bonds is 6. The molecule has 0 spiro atoms. The van der Waals surface area contributed by atoms with Gasteiger partial charge in [-0.15, -0.1) is 0 Å². The van der Waals surface area contributed by atoms with Crippen LogP contribution < -0.4 is 4.90 Å². The van der Waals surface area contributed by atoms with Crippen molar-refractivity contribution >= 4 is 24.2 Å². The van der Waals surface area contributed by atoms with E-state index in [0.717, 1.165) is 44.6 Å². The third kappa shape index (κ3) is 6.40. The number of thiol groups is 1. The summed E-state index contributed by atoms with van der Waals surface area (Å²) >= 11 is 3.53. The van der Waals surface area contributed by atoms with Crippen LogP contribution in [0.5, 0.6) is 0 Å². The lowest BCUT2D eigenvalue weighted by molar-refractivity contribution is -0.119. The van der Waals surface area contributed by atoms with Crippen molar-refractivity contribution in [2.75, 3.05) is 30.8 Å². The highest BCUT2D eigenvalue weighted by molar-refractivity contribution is 7.79. The van der Waals surface area contributed by atoms with Gasteiger partial charge in [0.05, 0.1) is 0 Å². The van der Waals surface area contributed by atoms with Crippen LogP contribution in [-0.4, -0.2) is 42.7 Å². The van der Waals surface area contributed by atoms with E-state index in [9.17, 15) is 4.79 Å². The van der Waals surface area contributed by atoms with Crippen LogP contribution in [-0.2, 0) is 11.2 Å². The van der Waals surface area contributed by atoms with Crippen LogP contribution in [0.4, 0.5) is 5.69 Å². The third-order valence-electron chi connectivity index (χ3n) is 5.09. The van der Waals surface area contributed by atoms with Gasteiger partial charge in [-0.2, -0.15) is 12.6 Å². The van der Waals surface area contributed by atoms with Crippen LogP contribution in [0.3, 0.4) is 0 Å². The molecule has 0 aromatic heterocycles. The van der Waals surface area contributed by atoms with E-state index < -0.39 is 0 Å². The molecular weight excluding hydrogens is 352 g/mol. The number of nitrogens with zero attached hydrogens (tertiary/aromatic N) is 2. The second kappa shape index (κ2) is 11.8. The topological polar surface area (TPSA) is 23.6 Å². The Bertz CT molecular complexity index is 655. The second-order valence-electron chi connectivity index (χ2n) is 6.76. The molecule has 146 valence electrons. The Balaban J connectivity index is 0.00000126. The molecule has 1 saturated heterocycles. The Morgan fingerprint density at radius 1 is 1.00 bits per heavy atom. The van der Waals surface area contributed by atoms with Gasteiger partial charge >= 0.3 is 0 Å². The maximum Gasteiger partial charge on any atom is 0.226 e. The number of piperidine rings is 1. The summed E-state index contributed by atoms with van der Waals surface area (Å²) in [6, 6.07) is 21.1. The van der Waals surface area contributed by atoms with Gasteiger partial charge in [-0.25, -0.2) is 0 Å². The minimum atomic E-state index is 0.230. The summed E-state index contributed by atoms with van der Waals surface area (Å²) in [4.78, 5) is 17.1. The highest BCUT2D eigenvalue weighted by Crippen LogP contribution is 2.24. The number of carbonyl (C=O) groups is 1. The first-order chi connectivity index (χ1) is 13.3. The number of anilines is 1. The molecule has 0 radical (unpaired) electrons. The van der Waals surface area contributed by atoms with E-state index in [2.05, 4.69) is 60.0 Å². The van der Waals surface area contributed by atoms with E-state index in [0.29, 0.717) is 12.5 Å². The molecule has 0 bridgehead atoms. The first-order valence-corrected chi connectivity index (χ1v) is 10.8. The zero-order chi connectivity index (χ0) is 19.5. The van der Waals surface area contributed by atoms with E-state index in [1.165, 1.54) is 5.56 Å². The highest BCUT2D eigenvalue weighted by Gasteiger charge is 2.28. The summed E-state index contributed by atoms with van der Waals surface area (Å²) in [6.45, 7) is 5.19. The summed E-state index contributed by atoms with van der Waals surface area (Å²) in [5.74, 6) is 0.230. The fourth-order valence-corrected chi connectivity index (χ4v) is 3.65. The molecule has 2 aromatic rings. The fourth-order valence-electron chi connectivity index (χ4n) is 3.65. The van der Waals surface area contributed by atoms with Crippen LogP contribution in [0.15, 0.2) is 60.7 Å². The third-order valence-corrected chi connectivity index (χ3v) is 5.09. The lowest BCUT2D eigenvalue weighted by atomic mass is 10.0. The molecule has 2 aromatic carbocycles. The molecule has 0 atom stereocenters. The monoisotopic (exact) mass is 384 g/mol. The lowest BCUT2D eigenvalue weighted by Gasteiger charge is -2.38. The van der Waals surface area contributed by atoms with Crippen molar-refractivity contribution in [2.45, 2.75) is 38.6 Å². The summed E-state index contributed by atoms with van der Waals surface area (Å²) in [7, 11) is 0. The van der Waals surface area contributed by atoms with Crippen molar-refractivity contribution in [3.63, 3.8) is 0 Å². The van der Waals surface area contributed by atoms with Gasteiger partial charge in [0.25, 0.3) is 0 Å². The van der Waals surface area contributed by atoms with Crippen molar-refractivity contribution in [1.82, 2.24) is 4.90 Å². The predicted molar refractivity (Wildman–Crippen MR) is 119 cm³/mol. The van der Waals surface area contributed by atoms with E-state index in [1.54, 1.807) is 6.26 Å². The van der Waals surface area contributed by atoms with Gasteiger partial charge in [0.1, 0.15) is 0 Å². The van der Waals surface area contributed by atoms with Crippen molar-refractivity contribution in [1.29, 1.82) is 0 Å². The van der Waals surface area contributed by atoms with Crippen LogP contribution in [0.1, 0.15) is 31.7 Å². The average molecular weight is 385 g/mol. The van der Waals surface area contributed by atoms with Crippen molar-refractivity contribution in [3.8, 4) is 0 Å². The van der Waals surface area contributed by atoms with Gasteiger partial charge in [-0.3, -0.25) is 4.79 Å². The molecule has 1 fully saturated rings. The predicted octanol–water partition coefficient (Wildman–Crippen LogP) is 4.68. The second-order valence-corrected chi connectivity index (χ2v) is 6.76. The van der Waals surface area contributed by atoms with Gasteiger partial charge in [-0.1, -0.05) is 55.5 Å². The minimum absolute atomic E-state index is 0.230. The normalized spacial score (nSPS) is 14.9. The number of benzene rings is 2. The lowest BCUT2D eigenvalue weighted by Crippen LogP contribution is -2.47. The first-order valence-electron chi connectivity index (χ1n) is 9.86. The van der Waals surface area contributed by atoms with Crippen molar-refractivity contribution < 1.29 is 4.79 Å². The van der Waals surface area contributed by atoms with E-state index in [4.69, 9.17) is 0 Å². The SMILES string of the molecule is CCC(=O)N(c1ccccc1)C1CCN(CCc2ccccc2)CC1.CS. The molecule has 27 heavy (non-hydrogen) atoms. The summed E-state index contributed by atoms with van der Waals surface area (Å²) in [6.07, 6.45) is 5.45. The molecule has 3 nitrogen and oxygen atoms in total. The largest absolute Gasteiger partial charge is 0.309 e. The Hall–Kier alpha value is -1.78. The number of hydrogen-bond acceptors (Lipinski definition) is 3. The van der Waals surface area contributed by atoms with Crippen LogP contribution in [0.25, 0.3) is 0 Å². The zero-order valence-electron chi connectivity index (χ0n) is 16.6. The van der Waals surface area contributed by atoms with Crippen LogP contribution in [0.2, 0.25) is 0 Å². The maximum absolute atomic E-state index is 12.5. The Kier molecular flexibility index (Phi) is 9.43. The molecule has 1 heterocycles. The molecule has 0 unspecified atom stereocenters. The molecule has 1 amide bonds. The molecular formula is C23H32N2OS. The number of hydrogen-bond donors (Lipinski definition) is 1. The van der Waals surface area contributed by atoms with Crippen molar-refractivity contribution in [2.24, 2.45) is 0 Å². The molecule has 0 N–H and O–H groups in total. The quantitative estimate of drug-likeness (QED) is 0.731. The molecule has 0 saturated carbocycles. The zero-order valence-corrected chi connectivity index (χ0v) is 17.4. The van der Waals surface area contributed by atoms with Crippen LogP contribution in [0, 0.1) is 0 Å². The minimum Gasteiger partial charge on any atom is -0.309 e. The van der Waals surface area contributed by atoms with E-state index in [1.807, 2.05) is 30.0 Å². The highest BCUT2D eigenvalue weighted by atomic mass is 32.1. The smallest absolute Gasteiger partial charge is 0.226 e. The van der Waals surface area contributed by atoms with Gasteiger partial charge < -0.3 is 9.80 Å². The van der Waals surface area contributed by atoms with Gasteiger partial charge in [-0.05, 0) is 43.2 Å². The van der Waals surface area contributed by atoms with Crippen LogP contribution >= 0.6 is 12.6 Å². The molecule has 4 heteroatoms. The molecule has 3 rings (SSSR count). The number of carbonyl (C=O) groups excluding carboxylic acids is 1. The summed E-state index contributed by atoms with van der Waals surface area (Å²) in [5, 5.41) is 0. The average Bonchev–Trinajstić information content (AvgIpc) is 2.76. The summed E-state index contributed by atoms with van der Waals surface area (Å²) in [5.41, 5.74) is 2.44. The van der Waals surface area contributed by atoms with Gasteiger partial charge in [0, 0.05) is 37.8 Å². The molecule has 1 aliphatic rings.